The number of anilines is 1. The van der Waals surface area contributed by atoms with Gasteiger partial charge in [0.25, 0.3) is 0 Å². The summed E-state index contributed by atoms with van der Waals surface area (Å²) in [4.78, 5) is 0. The van der Waals surface area contributed by atoms with Crippen molar-refractivity contribution in [3.63, 3.8) is 0 Å². The zero-order chi connectivity index (χ0) is 13.0. The molecule has 1 fully saturated rings. The van der Waals surface area contributed by atoms with Crippen LogP contribution in [0, 0.1) is 0 Å². The molecule has 6 nitrogen and oxygen atoms in total. The Labute approximate surface area is 107 Å². The molecule has 2 N–H and O–H groups in total. The zero-order valence-electron chi connectivity index (χ0n) is 11.3. The largest absolute Gasteiger partial charge is 0.406 e. The normalized spacial score (nSPS) is 22.9. The number of nitrogens with one attached hydrogen (secondary N) is 2. The maximum absolute atomic E-state index is 5.62. The molecule has 0 radical (unpaired) electrons. The maximum atomic E-state index is 5.62. The Morgan fingerprint density at radius 1 is 1.39 bits per heavy atom. The molecule has 1 aromatic rings. The first kappa shape index (κ1) is 13.3. The van der Waals surface area contributed by atoms with Crippen LogP contribution in [0.15, 0.2) is 4.42 Å². The lowest BCUT2D eigenvalue weighted by Gasteiger charge is -2.18. The topological polar surface area (TPSA) is 72.2 Å². The van der Waals surface area contributed by atoms with Crippen molar-refractivity contribution in [2.75, 3.05) is 18.5 Å². The highest BCUT2D eigenvalue weighted by atomic mass is 16.5. The van der Waals surface area contributed by atoms with Gasteiger partial charge in [0, 0.05) is 6.61 Å². The number of nitrogens with zero attached hydrogens (tertiary/aromatic N) is 2. The first-order chi connectivity index (χ1) is 8.70. The Hall–Kier alpha value is -1.14. The molecule has 18 heavy (non-hydrogen) atoms. The lowest BCUT2D eigenvalue weighted by molar-refractivity contribution is 0.0989. The number of aromatic nitrogens is 2. The molecule has 0 aliphatic carbocycles. The van der Waals surface area contributed by atoms with Crippen molar-refractivity contribution in [3.8, 4) is 0 Å². The van der Waals surface area contributed by atoms with E-state index in [1.54, 1.807) is 0 Å². The summed E-state index contributed by atoms with van der Waals surface area (Å²) in [5, 5.41) is 14.5. The third kappa shape index (κ3) is 3.20. The van der Waals surface area contributed by atoms with Crippen molar-refractivity contribution in [1.29, 1.82) is 0 Å². The summed E-state index contributed by atoms with van der Waals surface area (Å²) in [5.74, 6) is 0.610. The fourth-order valence-corrected chi connectivity index (χ4v) is 2.15. The Balaban J connectivity index is 1.89. The van der Waals surface area contributed by atoms with E-state index in [1.165, 1.54) is 0 Å². The van der Waals surface area contributed by atoms with Gasteiger partial charge in [-0.2, -0.15) is 0 Å². The Morgan fingerprint density at radius 2 is 2.22 bits per heavy atom. The van der Waals surface area contributed by atoms with Gasteiger partial charge in [-0.3, -0.25) is 0 Å². The number of hydrogen-bond donors (Lipinski definition) is 2. The molecular formula is C12H22N4O2. The van der Waals surface area contributed by atoms with Crippen molar-refractivity contribution < 1.29 is 9.15 Å². The average Bonchev–Trinajstić information content (AvgIpc) is 2.99. The van der Waals surface area contributed by atoms with Crippen LogP contribution in [0.25, 0.3) is 0 Å². The zero-order valence-corrected chi connectivity index (χ0v) is 11.3. The molecule has 2 rings (SSSR count). The molecule has 0 aromatic carbocycles. The fourth-order valence-electron chi connectivity index (χ4n) is 2.15. The van der Waals surface area contributed by atoms with Gasteiger partial charge >= 0.3 is 6.01 Å². The van der Waals surface area contributed by atoms with Crippen LogP contribution in [0.1, 0.15) is 45.5 Å². The molecule has 1 aliphatic rings. The molecule has 6 heteroatoms. The Kier molecular flexibility index (Phi) is 4.54. The predicted molar refractivity (Wildman–Crippen MR) is 68.4 cm³/mol. The van der Waals surface area contributed by atoms with E-state index in [4.69, 9.17) is 9.15 Å². The highest BCUT2D eigenvalue weighted by molar-refractivity contribution is 5.20. The van der Waals surface area contributed by atoms with Gasteiger partial charge in [0.2, 0.25) is 5.89 Å². The van der Waals surface area contributed by atoms with Crippen LogP contribution < -0.4 is 10.6 Å². The minimum Gasteiger partial charge on any atom is -0.406 e. The highest BCUT2D eigenvalue weighted by Gasteiger charge is 2.24. The molecular weight excluding hydrogens is 232 g/mol. The van der Waals surface area contributed by atoms with Crippen molar-refractivity contribution in [2.24, 2.45) is 0 Å². The quantitative estimate of drug-likeness (QED) is 0.805. The Bertz CT molecular complexity index is 363. The summed E-state index contributed by atoms with van der Waals surface area (Å²) < 4.78 is 11.2. The number of hydrogen-bond acceptors (Lipinski definition) is 6. The molecule has 3 atom stereocenters. The number of ether oxygens (including phenoxy) is 1. The van der Waals surface area contributed by atoms with E-state index in [0.29, 0.717) is 11.9 Å². The van der Waals surface area contributed by atoms with Crippen LogP contribution in [0.3, 0.4) is 0 Å². The first-order valence-corrected chi connectivity index (χ1v) is 6.65. The maximum Gasteiger partial charge on any atom is 0.315 e. The summed E-state index contributed by atoms with van der Waals surface area (Å²) in [6.07, 6.45) is 2.46. The molecule has 102 valence electrons. The van der Waals surface area contributed by atoms with Crippen molar-refractivity contribution in [1.82, 2.24) is 15.5 Å². The van der Waals surface area contributed by atoms with Crippen LogP contribution in [0.4, 0.5) is 6.01 Å². The standard InChI is InChI=1S/C12H22N4O2/c1-4-13-9(3)11-15-16-12(18-11)14-8(2)10-6-5-7-17-10/h8-10,13H,4-7H2,1-3H3,(H,14,16). The van der Waals surface area contributed by atoms with Gasteiger partial charge in [-0.15, -0.1) is 5.10 Å². The van der Waals surface area contributed by atoms with Crippen molar-refractivity contribution >= 4 is 6.01 Å². The van der Waals surface area contributed by atoms with Crippen LogP contribution in [-0.4, -0.2) is 35.5 Å². The SMILES string of the molecule is CCNC(C)c1nnc(NC(C)C2CCCO2)o1. The van der Waals surface area contributed by atoms with E-state index in [9.17, 15) is 0 Å². The molecule has 0 bridgehead atoms. The smallest absolute Gasteiger partial charge is 0.315 e. The van der Waals surface area contributed by atoms with E-state index in [2.05, 4.69) is 27.8 Å². The van der Waals surface area contributed by atoms with Gasteiger partial charge in [-0.05, 0) is 33.2 Å². The molecule has 1 aromatic heterocycles. The van der Waals surface area contributed by atoms with Gasteiger partial charge in [0.1, 0.15) is 0 Å². The lowest BCUT2D eigenvalue weighted by Crippen LogP contribution is -2.30. The van der Waals surface area contributed by atoms with E-state index in [-0.39, 0.29) is 18.2 Å². The summed E-state index contributed by atoms with van der Waals surface area (Å²) in [6.45, 7) is 7.85. The van der Waals surface area contributed by atoms with Gasteiger partial charge in [0.05, 0.1) is 18.2 Å². The lowest BCUT2D eigenvalue weighted by atomic mass is 10.1. The Morgan fingerprint density at radius 3 is 2.89 bits per heavy atom. The van der Waals surface area contributed by atoms with Crippen LogP contribution in [0.5, 0.6) is 0 Å². The minimum absolute atomic E-state index is 0.0797. The second-order valence-electron chi connectivity index (χ2n) is 4.71. The second kappa shape index (κ2) is 6.15. The van der Waals surface area contributed by atoms with Crippen LogP contribution in [-0.2, 0) is 4.74 Å². The second-order valence-corrected chi connectivity index (χ2v) is 4.71. The van der Waals surface area contributed by atoms with Gasteiger partial charge in [0.15, 0.2) is 0 Å². The van der Waals surface area contributed by atoms with E-state index in [0.717, 1.165) is 26.0 Å². The van der Waals surface area contributed by atoms with Gasteiger partial charge in [-0.1, -0.05) is 12.0 Å². The summed E-state index contributed by atoms with van der Waals surface area (Å²) in [5.41, 5.74) is 0. The monoisotopic (exact) mass is 254 g/mol. The third-order valence-electron chi connectivity index (χ3n) is 3.20. The molecule has 0 spiro atoms. The molecule has 1 aliphatic heterocycles. The average molecular weight is 254 g/mol. The molecule has 0 amide bonds. The van der Waals surface area contributed by atoms with Crippen molar-refractivity contribution in [2.45, 2.75) is 51.8 Å². The minimum atomic E-state index is 0.0797. The van der Waals surface area contributed by atoms with Gasteiger partial charge in [-0.25, -0.2) is 0 Å². The molecule has 1 saturated heterocycles. The first-order valence-electron chi connectivity index (χ1n) is 6.65. The highest BCUT2D eigenvalue weighted by Crippen LogP contribution is 2.19. The summed E-state index contributed by atoms with van der Waals surface area (Å²) >= 11 is 0. The summed E-state index contributed by atoms with van der Waals surface area (Å²) in [6, 6.07) is 0.740. The van der Waals surface area contributed by atoms with E-state index in [1.807, 2.05) is 13.8 Å². The molecule has 0 saturated carbocycles. The fraction of sp³-hybridized carbons (Fsp3) is 0.833. The van der Waals surface area contributed by atoms with E-state index < -0.39 is 0 Å². The van der Waals surface area contributed by atoms with Crippen LogP contribution >= 0.6 is 0 Å². The number of rotatable bonds is 6. The third-order valence-corrected chi connectivity index (χ3v) is 3.20. The summed E-state index contributed by atoms with van der Waals surface area (Å²) in [7, 11) is 0. The van der Waals surface area contributed by atoms with Crippen LogP contribution in [0.2, 0.25) is 0 Å². The van der Waals surface area contributed by atoms with Crippen molar-refractivity contribution in [3.05, 3.63) is 5.89 Å². The predicted octanol–water partition coefficient (Wildman–Crippen LogP) is 1.72. The van der Waals surface area contributed by atoms with Gasteiger partial charge < -0.3 is 19.8 Å². The molecule has 2 heterocycles. The molecule has 3 unspecified atom stereocenters. The van der Waals surface area contributed by atoms with E-state index >= 15 is 0 Å².